The van der Waals surface area contributed by atoms with Crippen LogP contribution in [0.1, 0.15) is 19.8 Å². The predicted octanol–water partition coefficient (Wildman–Crippen LogP) is 2.13. The SMILES string of the molecule is C=CCCCNCCOCC(=C)C. The molecule has 0 radical (unpaired) electrons. The normalized spacial score (nSPS) is 9.92. The van der Waals surface area contributed by atoms with Gasteiger partial charge in [-0.3, -0.25) is 0 Å². The third kappa shape index (κ3) is 11.4. The molecule has 0 amide bonds. The molecule has 0 unspecified atom stereocenters. The highest BCUT2D eigenvalue weighted by Crippen LogP contribution is 1.88. The molecule has 0 rings (SSSR count). The molecular weight excluding hydrogens is 162 g/mol. The molecule has 0 aliphatic carbocycles. The minimum Gasteiger partial charge on any atom is -0.376 e. The Hall–Kier alpha value is -0.600. The van der Waals surface area contributed by atoms with E-state index < -0.39 is 0 Å². The van der Waals surface area contributed by atoms with Crippen molar-refractivity contribution in [2.45, 2.75) is 19.8 Å². The molecule has 0 saturated heterocycles. The Labute approximate surface area is 81.7 Å². The largest absolute Gasteiger partial charge is 0.376 e. The third-order valence-corrected chi connectivity index (χ3v) is 1.53. The summed E-state index contributed by atoms with van der Waals surface area (Å²) in [7, 11) is 0. The zero-order valence-electron chi connectivity index (χ0n) is 8.64. The van der Waals surface area contributed by atoms with Crippen LogP contribution in [0.3, 0.4) is 0 Å². The fourth-order valence-corrected chi connectivity index (χ4v) is 0.887. The van der Waals surface area contributed by atoms with Gasteiger partial charge in [0.1, 0.15) is 0 Å². The average molecular weight is 183 g/mol. The van der Waals surface area contributed by atoms with Gasteiger partial charge in [-0.2, -0.15) is 0 Å². The van der Waals surface area contributed by atoms with E-state index in [0.29, 0.717) is 6.61 Å². The summed E-state index contributed by atoms with van der Waals surface area (Å²) in [6.07, 6.45) is 4.18. The molecule has 0 spiro atoms. The number of allylic oxidation sites excluding steroid dienone is 1. The maximum absolute atomic E-state index is 5.32. The van der Waals surface area contributed by atoms with Crippen LogP contribution in [-0.4, -0.2) is 26.3 Å². The van der Waals surface area contributed by atoms with Crippen molar-refractivity contribution in [1.82, 2.24) is 5.32 Å². The highest BCUT2D eigenvalue weighted by Gasteiger charge is 1.88. The van der Waals surface area contributed by atoms with Crippen LogP contribution in [0.5, 0.6) is 0 Å². The molecule has 0 aromatic heterocycles. The second-order valence-electron chi connectivity index (χ2n) is 3.19. The lowest BCUT2D eigenvalue weighted by Crippen LogP contribution is -2.21. The molecule has 2 nitrogen and oxygen atoms in total. The molecule has 0 atom stereocenters. The fourth-order valence-electron chi connectivity index (χ4n) is 0.887. The number of unbranched alkanes of at least 4 members (excludes halogenated alkanes) is 1. The Bertz CT molecular complexity index is 143. The predicted molar refractivity (Wildman–Crippen MR) is 57.9 cm³/mol. The maximum atomic E-state index is 5.32. The molecule has 76 valence electrons. The van der Waals surface area contributed by atoms with Crippen molar-refractivity contribution in [3.63, 3.8) is 0 Å². The van der Waals surface area contributed by atoms with E-state index in [9.17, 15) is 0 Å². The second kappa shape index (κ2) is 9.49. The summed E-state index contributed by atoms with van der Waals surface area (Å²) in [6, 6.07) is 0. The first kappa shape index (κ1) is 12.4. The van der Waals surface area contributed by atoms with Gasteiger partial charge in [-0.1, -0.05) is 18.2 Å². The summed E-state index contributed by atoms with van der Waals surface area (Å²) < 4.78 is 5.32. The van der Waals surface area contributed by atoms with Crippen molar-refractivity contribution in [3.8, 4) is 0 Å². The van der Waals surface area contributed by atoms with Gasteiger partial charge in [-0.05, 0) is 26.3 Å². The number of hydrogen-bond acceptors (Lipinski definition) is 2. The van der Waals surface area contributed by atoms with Crippen molar-refractivity contribution in [3.05, 3.63) is 24.8 Å². The molecule has 0 aromatic rings. The van der Waals surface area contributed by atoms with E-state index in [1.165, 1.54) is 0 Å². The zero-order valence-corrected chi connectivity index (χ0v) is 8.64. The van der Waals surface area contributed by atoms with E-state index in [0.717, 1.165) is 38.1 Å². The number of hydrogen-bond donors (Lipinski definition) is 1. The number of rotatable bonds is 9. The van der Waals surface area contributed by atoms with E-state index in [1.54, 1.807) is 0 Å². The van der Waals surface area contributed by atoms with Gasteiger partial charge in [0, 0.05) is 6.54 Å². The van der Waals surface area contributed by atoms with Crippen molar-refractivity contribution in [2.24, 2.45) is 0 Å². The fraction of sp³-hybridized carbons (Fsp3) is 0.636. The lowest BCUT2D eigenvalue weighted by Gasteiger charge is -2.04. The lowest BCUT2D eigenvalue weighted by atomic mass is 10.3. The van der Waals surface area contributed by atoms with Gasteiger partial charge in [-0.15, -0.1) is 6.58 Å². The highest BCUT2D eigenvalue weighted by atomic mass is 16.5. The van der Waals surface area contributed by atoms with Gasteiger partial charge < -0.3 is 10.1 Å². The molecule has 0 fully saturated rings. The van der Waals surface area contributed by atoms with Gasteiger partial charge in [0.25, 0.3) is 0 Å². The molecular formula is C11H21NO. The lowest BCUT2D eigenvalue weighted by molar-refractivity contribution is 0.158. The van der Waals surface area contributed by atoms with Gasteiger partial charge in [0.15, 0.2) is 0 Å². The average Bonchev–Trinajstić information content (AvgIpc) is 2.09. The van der Waals surface area contributed by atoms with Gasteiger partial charge in [0.2, 0.25) is 0 Å². The van der Waals surface area contributed by atoms with Crippen LogP contribution in [-0.2, 0) is 4.74 Å². The van der Waals surface area contributed by atoms with Crippen LogP contribution in [0, 0.1) is 0 Å². The first-order valence-corrected chi connectivity index (χ1v) is 4.81. The zero-order chi connectivity index (χ0) is 9.94. The Morgan fingerprint density at radius 2 is 2.23 bits per heavy atom. The summed E-state index contributed by atoms with van der Waals surface area (Å²) in [5.74, 6) is 0. The van der Waals surface area contributed by atoms with Gasteiger partial charge in [-0.25, -0.2) is 0 Å². The molecule has 0 aliphatic rings. The van der Waals surface area contributed by atoms with Crippen LogP contribution >= 0.6 is 0 Å². The maximum Gasteiger partial charge on any atom is 0.0672 e. The molecule has 0 saturated carbocycles. The number of nitrogens with one attached hydrogen (secondary N) is 1. The molecule has 2 heteroatoms. The van der Waals surface area contributed by atoms with Crippen molar-refractivity contribution in [2.75, 3.05) is 26.3 Å². The van der Waals surface area contributed by atoms with Crippen molar-refractivity contribution < 1.29 is 4.74 Å². The Kier molecular flexibility index (Phi) is 9.05. The monoisotopic (exact) mass is 183 g/mol. The summed E-state index contributed by atoms with van der Waals surface area (Å²) in [5.41, 5.74) is 1.08. The molecule has 0 bridgehead atoms. The molecule has 13 heavy (non-hydrogen) atoms. The van der Waals surface area contributed by atoms with Crippen LogP contribution in [0.2, 0.25) is 0 Å². The Morgan fingerprint density at radius 1 is 1.46 bits per heavy atom. The third-order valence-electron chi connectivity index (χ3n) is 1.53. The van der Waals surface area contributed by atoms with Crippen molar-refractivity contribution in [1.29, 1.82) is 0 Å². The second-order valence-corrected chi connectivity index (χ2v) is 3.19. The van der Waals surface area contributed by atoms with E-state index in [1.807, 2.05) is 13.0 Å². The van der Waals surface area contributed by atoms with E-state index in [-0.39, 0.29) is 0 Å². The summed E-state index contributed by atoms with van der Waals surface area (Å²) >= 11 is 0. The summed E-state index contributed by atoms with van der Waals surface area (Å²) in [6.45, 7) is 12.8. The molecule has 0 aromatic carbocycles. The minimum atomic E-state index is 0.675. The van der Waals surface area contributed by atoms with Gasteiger partial charge in [0.05, 0.1) is 13.2 Å². The summed E-state index contributed by atoms with van der Waals surface area (Å²) in [4.78, 5) is 0. The quantitative estimate of drug-likeness (QED) is 0.437. The first-order valence-electron chi connectivity index (χ1n) is 4.81. The smallest absolute Gasteiger partial charge is 0.0672 e. The summed E-state index contributed by atoms with van der Waals surface area (Å²) in [5, 5.41) is 3.29. The van der Waals surface area contributed by atoms with Crippen molar-refractivity contribution >= 4 is 0 Å². The topological polar surface area (TPSA) is 21.3 Å². The molecule has 1 N–H and O–H groups in total. The van der Waals surface area contributed by atoms with Crippen LogP contribution < -0.4 is 5.32 Å². The van der Waals surface area contributed by atoms with Gasteiger partial charge >= 0.3 is 0 Å². The van der Waals surface area contributed by atoms with Crippen LogP contribution in [0.4, 0.5) is 0 Å². The van der Waals surface area contributed by atoms with E-state index >= 15 is 0 Å². The van der Waals surface area contributed by atoms with E-state index in [2.05, 4.69) is 18.5 Å². The molecule has 0 heterocycles. The standard InChI is InChI=1S/C11H21NO/c1-4-5-6-7-12-8-9-13-10-11(2)3/h4,12H,1-2,5-10H2,3H3. The molecule has 0 aliphatic heterocycles. The van der Waals surface area contributed by atoms with E-state index in [4.69, 9.17) is 4.74 Å². The highest BCUT2D eigenvalue weighted by molar-refractivity contribution is 4.87. The Morgan fingerprint density at radius 3 is 2.85 bits per heavy atom. The van der Waals surface area contributed by atoms with Crippen LogP contribution in [0.15, 0.2) is 24.8 Å². The Balaban J connectivity index is 2.91. The minimum absolute atomic E-state index is 0.675. The van der Waals surface area contributed by atoms with Crippen LogP contribution in [0.25, 0.3) is 0 Å². The number of ether oxygens (including phenoxy) is 1. The first-order chi connectivity index (χ1) is 6.27.